The van der Waals surface area contributed by atoms with Crippen LogP contribution in [0.5, 0.6) is 0 Å². The molecular weight excluding hydrogens is 498 g/mol. The minimum Gasteiger partial charge on any atom is -0.480 e. The number of nitrogens with one attached hydrogen (secondary N) is 2. The number of carboxylic acid groups (broad SMARTS) is 1. The van der Waals surface area contributed by atoms with E-state index in [1.807, 2.05) is 30.3 Å². The number of carboxylic acids is 1. The highest BCUT2D eigenvalue weighted by molar-refractivity contribution is 7.92. The van der Waals surface area contributed by atoms with Crippen molar-refractivity contribution in [3.63, 3.8) is 0 Å². The summed E-state index contributed by atoms with van der Waals surface area (Å²) in [6, 6.07) is 24.8. The SMILES string of the molecule is C1=C(c2ccc(C3=NCCCN3)cc2)NCCC1.O=C(O)CS(=O)(=O)c1ccc(Cc2ccccc2)cc1. The number of aliphatic carboxylic acids is 1. The van der Waals surface area contributed by atoms with E-state index in [1.54, 1.807) is 12.1 Å². The van der Waals surface area contributed by atoms with E-state index in [4.69, 9.17) is 5.11 Å². The maximum atomic E-state index is 11.7. The summed E-state index contributed by atoms with van der Waals surface area (Å²) in [5, 5.41) is 15.4. The number of aliphatic imine (C=N–C) groups is 1. The molecule has 0 atom stereocenters. The van der Waals surface area contributed by atoms with E-state index in [0.29, 0.717) is 6.42 Å². The van der Waals surface area contributed by atoms with Gasteiger partial charge < -0.3 is 15.7 Å². The second kappa shape index (κ2) is 13.1. The predicted octanol–water partition coefficient (Wildman–Crippen LogP) is 4.29. The second-order valence-electron chi connectivity index (χ2n) is 9.23. The van der Waals surface area contributed by atoms with Crippen molar-refractivity contribution in [3.8, 4) is 0 Å². The lowest BCUT2D eigenvalue weighted by atomic mass is 10.0. The van der Waals surface area contributed by atoms with Crippen molar-refractivity contribution in [1.29, 1.82) is 0 Å². The van der Waals surface area contributed by atoms with Crippen LogP contribution in [0.3, 0.4) is 0 Å². The molecule has 0 spiro atoms. The number of hydrogen-bond donors (Lipinski definition) is 3. The molecule has 0 fully saturated rings. The van der Waals surface area contributed by atoms with Gasteiger partial charge in [-0.3, -0.25) is 9.79 Å². The van der Waals surface area contributed by atoms with Crippen LogP contribution >= 0.6 is 0 Å². The minimum atomic E-state index is -3.75. The average molecular weight is 532 g/mol. The fraction of sp³-hybridized carbons (Fsp3) is 0.267. The summed E-state index contributed by atoms with van der Waals surface area (Å²) in [6.45, 7) is 3.06. The molecule has 0 saturated carbocycles. The third-order valence-electron chi connectivity index (χ3n) is 6.26. The van der Waals surface area contributed by atoms with Crippen LogP contribution in [0.4, 0.5) is 0 Å². The van der Waals surface area contributed by atoms with Gasteiger partial charge in [-0.05, 0) is 54.5 Å². The van der Waals surface area contributed by atoms with Crippen LogP contribution in [0, 0.1) is 0 Å². The van der Waals surface area contributed by atoms with E-state index >= 15 is 0 Å². The molecule has 2 aliphatic heterocycles. The van der Waals surface area contributed by atoms with E-state index in [-0.39, 0.29) is 4.90 Å². The zero-order valence-electron chi connectivity index (χ0n) is 21.3. The molecule has 38 heavy (non-hydrogen) atoms. The Bertz CT molecular complexity index is 1340. The maximum Gasteiger partial charge on any atom is 0.319 e. The number of carbonyl (C=O) groups is 1. The summed E-state index contributed by atoms with van der Waals surface area (Å²) in [5.74, 6) is -1.19. The Labute approximate surface area is 224 Å². The van der Waals surface area contributed by atoms with Gasteiger partial charge in [0.15, 0.2) is 15.6 Å². The summed E-state index contributed by atoms with van der Waals surface area (Å²) in [4.78, 5) is 15.1. The summed E-state index contributed by atoms with van der Waals surface area (Å²) in [6.07, 6.45) is 6.55. The quantitative estimate of drug-likeness (QED) is 0.420. The highest BCUT2D eigenvalue weighted by atomic mass is 32.2. The van der Waals surface area contributed by atoms with Gasteiger partial charge in [0.2, 0.25) is 0 Å². The Balaban J connectivity index is 0.000000178. The molecule has 0 aromatic heterocycles. The van der Waals surface area contributed by atoms with Crippen molar-refractivity contribution in [1.82, 2.24) is 10.6 Å². The number of sulfone groups is 1. The summed E-state index contributed by atoms with van der Waals surface area (Å²) >= 11 is 0. The van der Waals surface area contributed by atoms with E-state index in [0.717, 1.165) is 43.0 Å². The van der Waals surface area contributed by atoms with E-state index < -0.39 is 21.6 Å². The van der Waals surface area contributed by atoms with Crippen LogP contribution in [0.15, 0.2) is 94.8 Å². The van der Waals surface area contributed by atoms with Crippen LogP contribution in [-0.2, 0) is 21.1 Å². The van der Waals surface area contributed by atoms with Gasteiger partial charge in [0.25, 0.3) is 0 Å². The number of benzene rings is 3. The van der Waals surface area contributed by atoms with E-state index in [2.05, 4.69) is 46.0 Å². The van der Waals surface area contributed by atoms with Gasteiger partial charge in [0, 0.05) is 30.9 Å². The van der Waals surface area contributed by atoms with Crippen molar-refractivity contribution < 1.29 is 18.3 Å². The zero-order chi connectivity index (χ0) is 26.8. The van der Waals surface area contributed by atoms with Gasteiger partial charge >= 0.3 is 5.97 Å². The van der Waals surface area contributed by atoms with Crippen LogP contribution in [-0.4, -0.2) is 50.7 Å². The largest absolute Gasteiger partial charge is 0.480 e. The van der Waals surface area contributed by atoms with Crippen LogP contribution in [0.1, 0.15) is 41.5 Å². The Hall–Kier alpha value is -3.91. The lowest BCUT2D eigenvalue weighted by molar-refractivity contribution is -0.134. The van der Waals surface area contributed by atoms with Crippen molar-refractivity contribution in [2.24, 2.45) is 4.99 Å². The fourth-order valence-corrected chi connectivity index (χ4v) is 5.33. The molecule has 0 aliphatic carbocycles. The highest BCUT2D eigenvalue weighted by Gasteiger charge is 2.18. The number of amidine groups is 1. The third-order valence-corrected chi connectivity index (χ3v) is 7.88. The molecule has 0 unspecified atom stereocenters. The Morgan fingerprint density at radius 3 is 2.08 bits per heavy atom. The van der Waals surface area contributed by atoms with Crippen LogP contribution < -0.4 is 10.6 Å². The van der Waals surface area contributed by atoms with Gasteiger partial charge in [-0.15, -0.1) is 0 Å². The Morgan fingerprint density at radius 1 is 0.816 bits per heavy atom. The summed E-state index contributed by atoms with van der Waals surface area (Å²) < 4.78 is 23.5. The monoisotopic (exact) mass is 531 g/mol. The molecule has 0 saturated heterocycles. The van der Waals surface area contributed by atoms with Crippen LogP contribution in [0.2, 0.25) is 0 Å². The minimum absolute atomic E-state index is 0.0386. The molecule has 2 heterocycles. The lowest BCUT2D eigenvalue weighted by Gasteiger charge is -2.17. The smallest absolute Gasteiger partial charge is 0.319 e. The average Bonchev–Trinajstić information content (AvgIpc) is 2.95. The molecule has 198 valence electrons. The first-order chi connectivity index (χ1) is 18.4. The molecule has 3 aromatic rings. The maximum absolute atomic E-state index is 11.7. The van der Waals surface area contributed by atoms with Gasteiger partial charge in [-0.2, -0.15) is 0 Å². The number of rotatable bonds is 7. The predicted molar refractivity (Wildman–Crippen MR) is 151 cm³/mol. The molecule has 0 bridgehead atoms. The van der Waals surface area contributed by atoms with Crippen molar-refractivity contribution in [3.05, 3.63) is 107 Å². The van der Waals surface area contributed by atoms with Crippen molar-refractivity contribution in [2.75, 3.05) is 25.4 Å². The number of nitrogens with zero attached hydrogens (tertiary/aromatic N) is 1. The molecule has 0 radical (unpaired) electrons. The first-order valence-electron chi connectivity index (χ1n) is 12.8. The van der Waals surface area contributed by atoms with Crippen molar-refractivity contribution >= 4 is 27.3 Å². The van der Waals surface area contributed by atoms with Gasteiger partial charge in [-0.25, -0.2) is 8.42 Å². The summed E-state index contributed by atoms with van der Waals surface area (Å²) in [5.41, 5.74) is 5.84. The number of hydrogen-bond acceptors (Lipinski definition) is 6. The molecule has 3 aromatic carbocycles. The molecule has 7 nitrogen and oxygen atoms in total. The normalized spacial score (nSPS) is 15.1. The van der Waals surface area contributed by atoms with Gasteiger partial charge in [0.1, 0.15) is 5.84 Å². The fourth-order valence-electron chi connectivity index (χ4n) is 4.29. The molecule has 5 rings (SSSR count). The topological polar surface area (TPSA) is 108 Å². The molecule has 0 amide bonds. The van der Waals surface area contributed by atoms with Crippen molar-refractivity contribution in [2.45, 2.75) is 30.6 Å². The molecule has 2 aliphatic rings. The number of allylic oxidation sites excluding steroid dienone is 1. The molecular formula is C30H33N3O4S. The molecule has 3 N–H and O–H groups in total. The third kappa shape index (κ3) is 7.79. The summed E-state index contributed by atoms with van der Waals surface area (Å²) in [7, 11) is -3.75. The lowest BCUT2D eigenvalue weighted by Crippen LogP contribution is -2.30. The van der Waals surface area contributed by atoms with Crippen LogP contribution in [0.25, 0.3) is 5.70 Å². The standard InChI is InChI=1S/C15H19N3.C15H14O4S/c1-2-9-16-14(4-1)12-5-7-13(8-6-12)15-17-10-3-11-18-15;16-15(17)11-20(18,19)14-8-6-13(7-9-14)10-12-4-2-1-3-5-12/h4-8,16H,1-3,9-11H2,(H,17,18);1-9H,10-11H2,(H,16,17). The van der Waals surface area contributed by atoms with E-state index in [9.17, 15) is 13.2 Å². The first-order valence-corrected chi connectivity index (χ1v) is 14.5. The Morgan fingerprint density at radius 2 is 1.47 bits per heavy atom. The first kappa shape index (κ1) is 27.1. The highest BCUT2D eigenvalue weighted by Crippen LogP contribution is 2.18. The van der Waals surface area contributed by atoms with Gasteiger partial charge in [-0.1, -0.05) is 72.8 Å². The second-order valence-corrected chi connectivity index (χ2v) is 11.2. The molecule has 8 heteroatoms. The Kier molecular flexibility index (Phi) is 9.32. The zero-order valence-corrected chi connectivity index (χ0v) is 22.1. The van der Waals surface area contributed by atoms with Gasteiger partial charge in [0.05, 0.1) is 4.90 Å². The van der Waals surface area contributed by atoms with E-state index in [1.165, 1.54) is 41.8 Å².